The standard InChI is InChI=1S/C24H24ClFN2O4/c1-30-18-6-4-16(5-7-18)11-20-13-27-24(32-20)17-3-2-10-28(14-17)23(29)15-31-19-8-9-22(26)21(25)12-19/h4-9,12-13,17H,2-3,10-11,14-15H2,1H3/t17-/m1/s1. The van der Waals surface area contributed by atoms with E-state index in [-0.39, 0.29) is 23.5 Å². The Morgan fingerprint density at radius 2 is 2.03 bits per heavy atom. The smallest absolute Gasteiger partial charge is 0.260 e. The van der Waals surface area contributed by atoms with Gasteiger partial charge in [0, 0.05) is 25.6 Å². The third-order valence-corrected chi connectivity index (χ3v) is 5.78. The lowest BCUT2D eigenvalue weighted by Crippen LogP contribution is -2.41. The van der Waals surface area contributed by atoms with Crippen LogP contribution in [0.1, 0.15) is 36.0 Å². The van der Waals surface area contributed by atoms with Crippen molar-refractivity contribution in [3.05, 3.63) is 76.7 Å². The first kappa shape index (κ1) is 22.1. The normalized spacial score (nSPS) is 16.1. The van der Waals surface area contributed by atoms with E-state index in [2.05, 4.69) is 4.98 Å². The number of ether oxygens (including phenoxy) is 2. The Morgan fingerprint density at radius 1 is 1.25 bits per heavy atom. The minimum absolute atomic E-state index is 0.0394. The number of piperidine rings is 1. The highest BCUT2D eigenvalue weighted by Gasteiger charge is 2.28. The number of hydrogen-bond acceptors (Lipinski definition) is 5. The average Bonchev–Trinajstić information content (AvgIpc) is 3.29. The fourth-order valence-corrected chi connectivity index (χ4v) is 3.92. The Hall–Kier alpha value is -3.06. The molecule has 4 rings (SSSR count). The van der Waals surface area contributed by atoms with E-state index >= 15 is 0 Å². The molecule has 1 atom stereocenters. The molecule has 0 N–H and O–H groups in total. The first-order valence-corrected chi connectivity index (χ1v) is 10.8. The van der Waals surface area contributed by atoms with Gasteiger partial charge in [-0.2, -0.15) is 0 Å². The third kappa shape index (κ3) is 5.40. The fourth-order valence-electron chi connectivity index (χ4n) is 3.75. The molecule has 0 aliphatic carbocycles. The monoisotopic (exact) mass is 458 g/mol. The van der Waals surface area contributed by atoms with E-state index < -0.39 is 5.82 Å². The molecular formula is C24H24ClFN2O4. The number of rotatable bonds is 7. The number of benzene rings is 2. The van der Waals surface area contributed by atoms with E-state index in [1.54, 1.807) is 18.2 Å². The summed E-state index contributed by atoms with van der Waals surface area (Å²) in [5.74, 6) is 1.97. The van der Waals surface area contributed by atoms with Gasteiger partial charge in [-0.3, -0.25) is 4.79 Å². The van der Waals surface area contributed by atoms with Gasteiger partial charge in [0.15, 0.2) is 12.5 Å². The Labute approximate surface area is 190 Å². The summed E-state index contributed by atoms with van der Waals surface area (Å²) in [4.78, 5) is 18.9. The van der Waals surface area contributed by atoms with Crippen molar-refractivity contribution in [2.24, 2.45) is 0 Å². The zero-order valence-corrected chi connectivity index (χ0v) is 18.5. The molecule has 2 aromatic carbocycles. The summed E-state index contributed by atoms with van der Waals surface area (Å²) >= 11 is 5.76. The van der Waals surface area contributed by atoms with Crippen LogP contribution in [0.25, 0.3) is 0 Å². The van der Waals surface area contributed by atoms with Crippen molar-refractivity contribution in [3.63, 3.8) is 0 Å². The van der Waals surface area contributed by atoms with E-state index in [4.69, 9.17) is 25.5 Å². The Bertz CT molecular complexity index is 1070. The number of amides is 1. The van der Waals surface area contributed by atoms with Crippen molar-refractivity contribution in [2.75, 3.05) is 26.8 Å². The first-order valence-electron chi connectivity index (χ1n) is 10.4. The van der Waals surface area contributed by atoms with E-state index in [9.17, 15) is 9.18 Å². The van der Waals surface area contributed by atoms with Crippen molar-refractivity contribution in [2.45, 2.75) is 25.2 Å². The van der Waals surface area contributed by atoms with Crippen molar-refractivity contribution in [1.82, 2.24) is 9.88 Å². The molecule has 0 saturated carbocycles. The second kappa shape index (κ2) is 10.0. The van der Waals surface area contributed by atoms with Crippen molar-refractivity contribution >= 4 is 17.5 Å². The van der Waals surface area contributed by atoms with Gasteiger partial charge in [-0.25, -0.2) is 9.37 Å². The molecule has 1 aliphatic rings. The number of likely N-dealkylation sites (tertiary alicyclic amines) is 1. The highest BCUT2D eigenvalue weighted by atomic mass is 35.5. The zero-order chi connectivity index (χ0) is 22.5. The predicted molar refractivity (Wildman–Crippen MR) is 118 cm³/mol. The van der Waals surface area contributed by atoms with Crippen LogP contribution in [0.15, 0.2) is 53.1 Å². The third-order valence-electron chi connectivity index (χ3n) is 5.49. The summed E-state index contributed by atoms with van der Waals surface area (Å²) in [7, 11) is 1.64. The number of oxazole rings is 1. The topological polar surface area (TPSA) is 64.8 Å². The number of hydrogen-bond donors (Lipinski definition) is 0. The lowest BCUT2D eigenvalue weighted by atomic mass is 9.98. The van der Waals surface area contributed by atoms with Gasteiger partial charge in [0.25, 0.3) is 5.91 Å². The molecule has 1 saturated heterocycles. The van der Waals surface area contributed by atoms with Gasteiger partial charge in [0.05, 0.1) is 24.2 Å². The molecule has 0 spiro atoms. The van der Waals surface area contributed by atoms with Crippen LogP contribution < -0.4 is 9.47 Å². The van der Waals surface area contributed by atoms with Crippen LogP contribution in [0.3, 0.4) is 0 Å². The van der Waals surface area contributed by atoms with Gasteiger partial charge in [-0.1, -0.05) is 23.7 Å². The Balaban J connectivity index is 1.33. The van der Waals surface area contributed by atoms with E-state index in [1.807, 2.05) is 24.3 Å². The summed E-state index contributed by atoms with van der Waals surface area (Å²) in [5.41, 5.74) is 1.10. The minimum Gasteiger partial charge on any atom is -0.497 e. The summed E-state index contributed by atoms with van der Waals surface area (Å²) < 4.78 is 29.9. The number of halogens is 2. The van der Waals surface area contributed by atoms with Crippen LogP contribution >= 0.6 is 11.6 Å². The largest absolute Gasteiger partial charge is 0.497 e. The van der Waals surface area contributed by atoms with Crippen LogP contribution in [0.5, 0.6) is 11.5 Å². The second-order valence-corrected chi connectivity index (χ2v) is 8.14. The molecule has 0 radical (unpaired) electrons. The number of nitrogens with zero attached hydrogens (tertiary/aromatic N) is 2. The summed E-state index contributed by atoms with van der Waals surface area (Å²) in [5, 5.41) is -0.0395. The number of carbonyl (C=O) groups is 1. The molecule has 1 aromatic heterocycles. The van der Waals surface area contributed by atoms with Crippen LogP contribution in [-0.4, -0.2) is 42.6 Å². The second-order valence-electron chi connectivity index (χ2n) is 7.73. The van der Waals surface area contributed by atoms with E-state index in [0.29, 0.717) is 31.2 Å². The molecule has 2 heterocycles. The molecule has 1 aliphatic heterocycles. The molecule has 168 valence electrons. The molecule has 8 heteroatoms. The van der Waals surface area contributed by atoms with Gasteiger partial charge in [-0.05, 0) is 42.7 Å². The molecular weight excluding hydrogens is 435 g/mol. The summed E-state index contributed by atoms with van der Waals surface area (Å²) in [6, 6.07) is 11.8. The number of aromatic nitrogens is 1. The van der Waals surface area contributed by atoms with E-state index in [1.165, 1.54) is 18.2 Å². The Kier molecular flexibility index (Phi) is 6.95. The average molecular weight is 459 g/mol. The molecule has 1 fully saturated rings. The van der Waals surface area contributed by atoms with Crippen molar-refractivity contribution < 1.29 is 23.1 Å². The fraction of sp³-hybridized carbons (Fsp3) is 0.333. The van der Waals surface area contributed by atoms with Crippen molar-refractivity contribution in [1.29, 1.82) is 0 Å². The van der Waals surface area contributed by atoms with Crippen LogP contribution in [0, 0.1) is 5.82 Å². The number of methoxy groups -OCH3 is 1. The lowest BCUT2D eigenvalue weighted by Gasteiger charge is -2.31. The lowest BCUT2D eigenvalue weighted by molar-refractivity contribution is -0.134. The van der Waals surface area contributed by atoms with Crippen LogP contribution in [0.2, 0.25) is 5.02 Å². The van der Waals surface area contributed by atoms with Crippen LogP contribution in [-0.2, 0) is 11.2 Å². The Morgan fingerprint density at radius 3 is 2.78 bits per heavy atom. The highest BCUT2D eigenvalue weighted by Crippen LogP contribution is 2.28. The van der Waals surface area contributed by atoms with Crippen LogP contribution in [0.4, 0.5) is 4.39 Å². The van der Waals surface area contributed by atoms with Crippen molar-refractivity contribution in [3.8, 4) is 11.5 Å². The summed E-state index contributed by atoms with van der Waals surface area (Å²) in [6.45, 7) is 1.04. The number of carbonyl (C=O) groups excluding carboxylic acids is 1. The SMILES string of the molecule is COc1ccc(Cc2cnc([C@@H]3CCCN(C(=O)COc4ccc(F)c(Cl)c4)C3)o2)cc1. The molecule has 3 aromatic rings. The maximum absolute atomic E-state index is 13.3. The van der Waals surface area contributed by atoms with Gasteiger partial charge >= 0.3 is 0 Å². The first-order chi connectivity index (χ1) is 15.5. The van der Waals surface area contributed by atoms with Gasteiger partial charge in [0.2, 0.25) is 0 Å². The van der Waals surface area contributed by atoms with E-state index in [0.717, 1.165) is 29.9 Å². The zero-order valence-electron chi connectivity index (χ0n) is 17.7. The molecule has 0 unspecified atom stereocenters. The van der Waals surface area contributed by atoms with Gasteiger partial charge in [-0.15, -0.1) is 0 Å². The maximum Gasteiger partial charge on any atom is 0.260 e. The molecule has 6 nitrogen and oxygen atoms in total. The summed E-state index contributed by atoms with van der Waals surface area (Å²) in [6.07, 6.45) is 4.15. The van der Waals surface area contributed by atoms with Gasteiger partial charge < -0.3 is 18.8 Å². The van der Waals surface area contributed by atoms with Gasteiger partial charge in [0.1, 0.15) is 23.1 Å². The quantitative estimate of drug-likeness (QED) is 0.506. The minimum atomic E-state index is -0.526. The predicted octanol–water partition coefficient (Wildman–Crippen LogP) is 4.85. The molecule has 32 heavy (non-hydrogen) atoms. The molecule has 1 amide bonds. The molecule has 0 bridgehead atoms. The maximum atomic E-state index is 13.3. The highest BCUT2D eigenvalue weighted by molar-refractivity contribution is 6.30.